The Hall–Kier alpha value is -2.28. The van der Waals surface area contributed by atoms with Crippen LogP contribution in [0, 0.1) is 10.1 Å². The second-order valence-electron chi connectivity index (χ2n) is 5.11. The highest BCUT2D eigenvalue weighted by Crippen LogP contribution is 2.45. The van der Waals surface area contributed by atoms with Gasteiger partial charge in [0.1, 0.15) is 5.69 Å². The van der Waals surface area contributed by atoms with Crippen LogP contribution in [-0.2, 0) is 12.6 Å². The molecule has 1 heterocycles. The van der Waals surface area contributed by atoms with Gasteiger partial charge in [-0.1, -0.05) is 29.8 Å². The predicted molar refractivity (Wildman–Crippen MR) is 80.3 cm³/mol. The van der Waals surface area contributed by atoms with Crippen LogP contribution in [0.4, 0.5) is 30.2 Å². The third kappa shape index (κ3) is 2.72. The quantitative estimate of drug-likeness (QED) is 0.572. The van der Waals surface area contributed by atoms with E-state index in [1.54, 1.807) is 17.0 Å². The Kier molecular flexibility index (Phi) is 3.68. The van der Waals surface area contributed by atoms with E-state index in [4.69, 9.17) is 11.6 Å². The fourth-order valence-corrected chi connectivity index (χ4v) is 2.98. The van der Waals surface area contributed by atoms with Crippen molar-refractivity contribution in [3.8, 4) is 0 Å². The van der Waals surface area contributed by atoms with Crippen molar-refractivity contribution < 1.29 is 18.1 Å². The minimum Gasteiger partial charge on any atom is -0.335 e. The number of hydrogen-bond donors (Lipinski definition) is 0. The van der Waals surface area contributed by atoms with Gasteiger partial charge < -0.3 is 4.90 Å². The van der Waals surface area contributed by atoms with E-state index < -0.39 is 27.4 Å². The molecule has 0 fully saturated rings. The summed E-state index contributed by atoms with van der Waals surface area (Å²) in [6.45, 7) is 0.446. The minimum absolute atomic E-state index is 0.0675. The SMILES string of the molecule is O=[N+]([O-])c1cc(C(F)(F)F)c(Cl)cc1N1CCc2ccccc21. The number of nitrogens with zero attached hydrogens (tertiary/aromatic N) is 2. The van der Waals surface area contributed by atoms with Crippen LogP contribution in [0.5, 0.6) is 0 Å². The van der Waals surface area contributed by atoms with Gasteiger partial charge in [0.05, 0.1) is 15.5 Å². The summed E-state index contributed by atoms with van der Waals surface area (Å²) in [4.78, 5) is 12.1. The first-order valence-corrected chi connectivity index (χ1v) is 7.07. The molecule has 0 aromatic heterocycles. The lowest BCUT2D eigenvalue weighted by molar-refractivity contribution is -0.384. The van der Waals surface area contributed by atoms with E-state index in [9.17, 15) is 23.3 Å². The maximum Gasteiger partial charge on any atom is 0.418 e. The molecule has 8 heteroatoms. The Morgan fingerprint density at radius 1 is 1.17 bits per heavy atom. The van der Waals surface area contributed by atoms with E-state index >= 15 is 0 Å². The summed E-state index contributed by atoms with van der Waals surface area (Å²) in [7, 11) is 0. The zero-order chi connectivity index (χ0) is 16.8. The van der Waals surface area contributed by atoms with Crippen molar-refractivity contribution in [2.24, 2.45) is 0 Å². The standard InChI is InChI=1S/C15H10ClF3N2O2/c16-11-8-13(14(21(22)23)7-10(11)15(17,18)19)20-6-5-9-3-1-2-4-12(9)20/h1-4,7-8H,5-6H2. The number of benzene rings is 2. The molecule has 0 unspecified atom stereocenters. The van der Waals surface area contributed by atoms with E-state index in [0.717, 1.165) is 17.3 Å². The molecule has 0 aliphatic carbocycles. The molecular formula is C15H10ClF3N2O2. The topological polar surface area (TPSA) is 46.4 Å². The van der Waals surface area contributed by atoms with Crippen LogP contribution in [0.15, 0.2) is 36.4 Å². The molecule has 1 aliphatic heterocycles. The van der Waals surface area contributed by atoms with Gasteiger partial charge in [-0.15, -0.1) is 0 Å². The number of para-hydroxylation sites is 1. The maximum absolute atomic E-state index is 12.9. The summed E-state index contributed by atoms with van der Waals surface area (Å²) < 4.78 is 38.8. The molecule has 3 rings (SSSR count). The lowest BCUT2D eigenvalue weighted by Gasteiger charge is -2.21. The van der Waals surface area contributed by atoms with E-state index in [1.807, 2.05) is 12.1 Å². The summed E-state index contributed by atoms with van der Waals surface area (Å²) in [5, 5.41) is 10.7. The maximum atomic E-state index is 12.9. The van der Waals surface area contributed by atoms with Crippen LogP contribution in [-0.4, -0.2) is 11.5 Å². The Morgan fingerprint density at radius 3 is 2.52 bits per heavy atom. The van der Waals surface area contributed by atoms with E-state index in [1.165, 1.54) is 0 Å². The Bertz CT molecular complexity index is 793. The summed E-state index contributed by atoms with van der Waals surface area (Å²) in [6, 6.07) is 8.79. The molecule has 0 bridgehead atoms. The molecule has 0 spiro atoms. The molecule has 1 aliphatic rings. The average molecular weight is 343 g/mol. The molecule has 0 amide bonds. The largest absolute Gasteiger partial charge is 0.418 e. The monoisotopic (exact) mass is 342 g/mol. The Balaban J connectivity index is 2.17. The number of nitro benzene ring substituents is 1. The number of alkyl halides is 3. The Labute approximate surface area is 134 Å². The summed E-state index contributed by atoms with van der Waals surface area (Å²) >= 11 is 5.73. The van der Waals surface area contributed by atoms with Gasteiger partial charge in [0, 0.05) is 18.3 Å². The molecular weight excluding hydrogens is 333 g/mol. The predicted octanol–water partition coefficient (Wildman–Crippen LogP) is 4.96. The third-order valence-electron chi connectivity index (χ3n) is 3.74. The molecule has 0 N–H and O–H groups in total. The average Bonchev–Trinajstić information content (AvgIpc) is 2.89. The summed E-state index contributed by atoms with van der Waals surface area (Å²) in [5.41, 5.74) is -0.0253. The van der Waals surface area contributed by atoms with Crippen molar-refractivity contribution in [1.29, 1.82) is 0 Å². The first-order valence-electron chi connectivity index (χ1n) is 6.69. The van der Waals surface area contributed by atoms with Gasteiger partial charge in [-0.2, -0.15) is 13.2 Å². The number of fused-ring (bicyclic) bond motifs is 1. The van der Waals surface area contributed by atoms with Gasteiger partial charge in [0.25, 0.3) is 5.69 Å². The molecule has 0 atom stereocenters. The van der Waals surface area contributed by atoms with Crippen LogP contribution >= 0.6 is 11.6 Å². The van der Waals surface area contributed by atoms with Gasteiger partial charge >= 0.3 is 6.18 Å². The highest BCUT2D eigenvalue weighted by molar-refractivity contribution is 6.32. The lowest BCUT2D eigenvalue weighted by Crippen LogP contribution is -2.16. The first-order chi connectivity index (χ1) is 10.8. The minimum atomic E-state index is -4.75. The molecule has 2 aromatic carbocycles. The van der Waals surface area contributed by atoms with Crippen molar-refractivity contribution in [3.63, 3.8) is 0 Å². The van der Waals surface area contributed by atoms with Gasteiger partial charge in [-0.3, -0.25) is 10.1 Å². The highest BCUT2D eigenvalue weighted by atomic mass is 35.5. The smallest absolute Gasteiger partial charge is 0.335 e. The number of halogens is 4. The summed E-state index contributed by atoms with van der Waals surface area (Å²) in [6.07, 6.45) is -4.09. The van der Waals surface area contributed by atoms with E-state index in [2.05, 4.69) is 0 Å². The van der Waals surface area contributed by atoms with Gasteiger partial charge in [0.2, 0.25) is 0 Å². The van der Waals surface area contributed by atoms with Crippen molar-refractivity contribution in [1.82, 2.24) is 0 Å². The number of rotatable bonds is 2. The van der Waals surface area contributed by atoms with Gasteiger partial charge in [-0.25, -0.2) is 0 Å². The molecule has 0 saturated heterocycles. The van der Waals surface area contributed by atoms with Gasteiger partial charge in [-0.05, 0) is 24.1 Å². The first kappa shape index (κ1) is 15.6. The summed E-state index contributed by atoms with van der Waals surface area (Å²) in [5.74, 6) is 0. The van der Waals surface area contributed by atoms with E-state index in [0.29, 0.717) is 19.0 Å². The van der Waals surface area contributed by atoms with Crippen LogP contribution in [0.1, 0.15) is 11.1 Å². The van der Waals surface area contributed by atoms with Crippen LogP contribution in [0.3, 0.4) is 0 Å². The molecule has 23 heavy (non-hydrogen) atoms. The number of anilines is 2. The number of hydrogen-bond acceptors (Lipinski definition) is 3. The molecule has 0 saturated carbocycles. The molecule has 0 radical (unpaired) electrons. The normalized spacial score (nSPS) is 14.0. The number of nitro groups is 1. The zero-order valence-electron chi connectivity index (χ0n) is 11.6. The van der Waals surface area contributed by atoms with Crippen LogP contribution < -0.4 is 4.90 Å². The van der Waals surface area contributed by atoms with E-state index in [-0.39, 0.29) is 5.69 Å². The second kappa shape index (κ2) is 5.42. The molecule has 4 nitrogen and oxygen atoms in total. The van der Waals surface area contributed by atoms with Crippen LogP contribution in [0.25, 0.3) is 0 Å². The molecule has 120 valence electrons. The van der Waals surface area contributed by atoms with Crippen molar-refractivity contribution in [2.75, 3.05) is 11.4 Å². The second-order valence-corrected chi connectivity index (χ2v) is 5.51. The zero-order valence-corrected chi connectivity index (χ0v) is 12.4. The van der Waals surface area contributed by atoms with Crippen molar-refractivity contribution >= 4 is 28.7 Å². The van der Waals surface area contributed by atoms with Gasteiger partial charge in [0.15, 0.2) is 0 Å². The van der Waals surface area contributed by atoms with Crippen molar-refractivity contribution in [3.05, 3.63) is 62.7 Å². The highest BCUT2D eigenvalue weighted by Gasteiger charge is 2.37. The fraction of sp³-hybridized carbons (Fsp3) is 0.200. The fourth-order valence-electron chi connectivity index (χ4n) is 2.72. The third-order valence-corrected chi connectivity index (χ3v) is 4.06. The molecule has 2 aromatic rings. The van der Waals surface area contributed by atoms with Crippen LogP contribution in [0.2, 0.25) is 5.02 Å². The van der Waals surface area contributed by atoms with Crippen molar-refractivity contribution in [2.45, 2.75) is 12.6 Å². The lowest BCUT2D eigenvalue weighted by atomic mass is 10.1. The Morgan fingerprint density at radius 2 is 1.87 bits per heavy atom.